The van der Waals surface area contributed by atoms with E-state index in [0.29, 0.717) is 26.8 Å². The van der Waals surface area contributed by atoms with E-state index in [-0.39, 0.29) is 11.8 Å². The minimum atomic E-state index is -0.278. The quantitative estimate of drug-likeness (QED) is 0.382. The van der Waals surface area contributed by atoms with Crippen molar-refractivity contribution < 1.29 is 9.59 Å². The number of rotatable bonds is 7. The van der Waals surface area contributed by atoms with E-state index >= 15 is 0 Å². The monoisotopic (exact) mass is 466 g/mol. The molecule has 4 aromatic rings. The van der Waals surface area contributed by atoms with E-state index in [4.69, 9.17) is 11.6 Å². The highest BCUT2D eigenvalue weighted by Crippen LogP contribution is 2.26. The van der Waals surface area contributed by atoms with Crippen LogP contribution < -0.4 is 10.6 Å². The molecule has 0 aliphatic carbocycles. The van der Waals surface area contributed by atoms with Gasteiger partial charge in [0, 0.05) is 41.4 Å². The van der Waals surface area contributed by atoms with E-state index in [9.17, 15) is 9.59 Å². The Bertz CT molecular complexity index is 1260. The molecule has 2 aromatic heterocycles. The predicted molar refractivity (Wildman–Crippen MR) is 132 cm³/mol. The van der Waals surface area contributed by atoms with Crippen LogP contribution in [-0.2, 0) is 6.54 Å². The number of anilines is 2. The highest BCUT2D eigenvalue weighted by atomic mass is 35.5. The van der Waals surface area contributed by atoms with E-state index in [1.165, 1.54) is 11.3 Å². The summed E-state index contributed by atoms with van der Waals surface area (Å²) in [7, 11) is 4.10. The van der Waals surface area contributed by atoms with Crippen LogP contribution in [0.25, 0.3) is 10.9 Å². The van der Waals surface area contributed by atoms with Crippen LogP contribution in [0, 0.1) is 0 Å². The molecule has 0 saturated heterocycles. The second-order valence-electron chi connectivity index (χ2n) is 7.67. The standard InChI is InChI=1S/C24H23ClN4O2S/c1-28(2)11-12-29-10-9-16-14-18(6-8-21(16)29)26-23(30)17-5-7-19(25)20(15-17)27-24(31)22-4-3-13-32-22/h3-10,13-15H,11-12H2,1-2H3,(H,26,30)(H,27,31). The van der Waals surface area contributed by atoms with Crippen molar-refractivity contribution in [1.29, 1.82) is 0 Å². The van der Waals surface area contributed by atoms with Crippen molar-refractivity contribution in [2.75, 3.05) is 31.3 Å². The molecule has 0 unspecified atom stereocenters. The second kappa shape index (κ2) is 9.56. The number of thiophene rings is 1. The van der Waals surface area contributed by atoms with Crippen LogP contribution in [0.4, 0.5) is 11.4 Å². The van der Waals surface area contributed by atoms with Crippen LogP contribution >= 0.6 is 22.9 Å². The van der Waals surface area contributed by atoms with Gasteiger partial charge in [-0.05, 0) is 68.0 Å². The highest BCUT2D eigenvalue weighted by Gasteiger charge is 2.14. The van der Waals surface area contributed by atoms with E-state index in [1.54, 1.807) is 30.3 Å². The summed E-state index contributed by atoms with van der Waals surface area (Å²) in [5.74, 6) is -0.539. The van der Waals surface area contributed by atoms with Crippen molar-refractivity contribution in [2.45, 2.75) is 6.54 Å². The third-order valence-electron chi connectivity index (χ3n) is 5.04. The van der Waals surface area contributed by atoms with Crippen molar-refractivity contribution in [3.05, 3.63) is 81.6 Å². The van der Waals surface area contributed by atoms with Crippen LogP contribution in [0.2, 0.25) is 5.02 Å². The Morgan fingerprint density at radius 2 is 1.88 bits per heavy atom. The van der Waals surface area contributed by atoms with Crippen LogP contribution in [0.3, 0.4) is 0 Å². The summed E-state index contributed by atoms with van der Waals surface area (Å²) in [5, 5.41) is 8.95. The van der Waals surface area contributed by atoms with Crippen molar-refractivity contribution in [3.8, 4) is 0 Å². The van der Waals surface area contributed by atoms with E-state index in [1.807, 2.05) is 29.6 Å². The molecule has 0 saturated carbocycles. The summed E-state index contributed by atoms with van der Waals surface area (Å²) < 4.78 is 2.20. The molecule has 0 aliphatic heterocycles. The number of nitrogens with one attached hydrogen (secondary N) is 2. The van der Waals surface area contributed by atoms with Gasteiger partial charge < -0.3 is 20.1 Å². The molecule has 32 heavy (non-hydrogen) atoms. The number of carbonyl (C=O) groups is 2. The molecular weight excluding hydrogens is 444 g/mol. The maximum atomic E-state index is 12.8. The lowest BCUT2D eigenvalue weighted by atomic mass is 10.1. The number of halogens is 1. The van der Waals surface area contributed by atoms with E-state index < -0.39 is 0 Å². The number of amides is 2. The number of carbonyl (C=O) groups excluding carboxylic acids is 2. The topological polar surface area (TPSA) is 66.4 Å². The summed E-state index contributed by atoms with van der Waals surface area (Å²) in [6.07, 6.45) is 2.06. The van der Waals surface area contributed by atoms with Gasteiger partial charge in [-0.25, -0.2) is 0 Å². The molecule has 0 bridgehead atoms. The Kier molecular flexibility index (Phi) is 6.60. The zero-order chi connectivity index (χ0) is 22.7. The Morgan fingerprint density at radius 3 is 2.62 bits per heavy atom. The Hall–Kier alpha value is -3.13. The average Bonchev–Trinajstić information content (AvgIpc) is 3.43. The predicted octanol–water partition coefficient (Wildman–Crippen LogP) is 5.42. The fourth-order valence-electron chi connectivity index (χ4n) is 3.34. The van der Waals surface area contributed by atoms with Crippen LogP contribution in [0.15, 0.2) is 66.2 Å². The summed E-state index contributed by atoms with van der Waals surface area (Å²) in [5.41, 5.74) is 2.62. The third-order valence-corrected chi connectivity index (χ3v) is 6.24. The van der Waals surface area contributed by atoms with Gasteiger partial charge in [0.1, 0.15) is 0 Å². The fraction of sp³-hybridized carbons (Fsp3) is 0.167. The van der Waals surface area contributed by atoms with Crippen molar-refractivity contribution in [2.24, 2.45) is 0 Å². The first-order valence-corrected chi connectivity index (χ1v) is 11.4. The lowest BCUT2D eigenvalue weighted by Gasteiger charge is -2.12. The van der Waals surface area contributed by atoms with Crippen LogP contribution in [-0.4, -0.2) is 41.9 Å². The number of hydrogen-bond donors (Lipinski definition) is 2. The number of benzene rings is 2. The van der Waals surface area contributed by atoms with Gasteiger partial charge in [-0.15, -0.1) is 11.3 Å². The molecule has 2 amide bonds. The largest absolute Gasteiger partial charge is 0.346 e. The lowest BCUT2D eigenvalue weighted by molar-refractivity contribution is 0.101. The summed E-state index contributed by atoms with van der Waals surface area (Å²) in [6, 6.07) is 16.3. The first-order valence-electron chi connectivity index (χ1n) is 10.1. The number of hydrogen-bond acceptors (Lipinski definition) is 4. The minimum absolute atomic E-state index is 0.260. The maximum Gasteiger partial charge on any atom is 0.265 e. The Balaban J connectivity index is 1.48. The van der Waals surface area contributed by atoms with Crippen LogP contribution in [0.1, 0.15) is 20.0 Å². The molecule has 4 rings (SSSR count). The lowest BCUT2D eigenvalue weighted by Crippen LogP contribution is -2.17. The van der Waals surface area contributed by atoms with Gasteiger partial charge in [-0.3, -0.25) is 9.59 Å². The normalized spacial score (nSPS) is 11.1. The second-order valence-corrected chi connectivity index (χ2v) is 9.02. The molecule has 6 nitrogen and oxygen atoms in total. The van der Waals surface area contributed by atoms with Crippen molar-refractivity contribution >= 4 is 57.0 Å². The maximum absolute atomic E-state index is 12.8. The number of fused-ring (bicyclic) bond motifs is 1. The SMILES string of the molecule is CN(C)CCn1ccc2cc(NC(=O)c3ccc(Cl)c(NC(=O)c4cccs4)c3)ccc21. The van der Waals surface area contributed by atoms with Gasteiger partial charge in [0.05, 0.1) is 15.6 Å². The molecule has 2 aromatic carbocycles. The summed E-state index contributed by atoms with van der Waals surface area (Å²) in [6.45, 7) is 1.84. The zero-order valence-corrected chi connectivity index (χ0v) is 19.3. The third kappa shape index (κ3) is 5.02. The van der Waals surface area contributed by atoms with Crippen LogP contribution in [0.5, 0.6) is 0 Å². The highest BCUT2D eigenvalue weighted by molar-refractivity contribution is 7.12. The van der Waals surface area contributed by atoms with Crippen molar-refractivity contribution in [3.63, 3.8) is 0 Å². The van der Waals surface area contributed by atoms with E-state index in [0.717, 1.165) is 24.0 Å². The minimum Gasteiger partial charge on any atom is -0.346 e. The van der Waals surface area contributed by atoms with E-state index in [2.05, 4.69) is 40.4 Å². The van der Waals surface area contributed by atoms with Gasteiger partial charge in [-0.2, -0.15) is 0 Å². The van der Waals surface area contributed by atoms with Gasteiger partial charge in [0.15, 0.2) is 0 Å². The number of likely N-dealkylation sites (N-methyl/N-ethyl adjacent to an activating group) is 1. The number of aromatic nitrogens is 1. The van der Waals surface area contributed by atoms with Gasteiger partial charge in [-0.1, -0.05) is 17.7 Å². The van der Waals surface area contributed by atoms with Crippen molar-refractivity contribution in [1.82, 2.24) is 9.47 Å². The summed E-state index contributed by atoms with van der Waals surface area (Å²) in [4.78, 5) is 27.9. The molecule has 0 aliphatic rings. The van der Waals surface area contributed by atoms with Gasteiger partial charge in [0.25, 0.3) is 11.8 Å². The average molecular weight is 467 g/mol. The first kappa shape index (κ1) is 22.1. The molecular formula is C24H23ClN4O2S. The molecule has 2 heterocycles. The van der Waals surface area contributed by atoms with Gasteiger partial charge in [0.2, 0.25) is 0 Å². The Labute approximate surface area is 195 Å². The molecule has 0 spiro atoms. The van der Waals surface area contributed by atoms with Gasteiger partial charge >= 0.3 is 0 Å². The fourth-order valence-corrected chi connectivity index (χ4v) is 4.12. The summed E-state index contributed by atoms with van der Waals surface area (Å²) >= 11 is 7.57. The Morgan fingerprint density at radius 1 is 1.03 bits per heavy atom. The molecule has 0 radical (unpaired) electrons. The molecule has 0 atom stereocenters. The molecule has 2 N–H and O–H groups in total. The zero-order valence-electron chi connectivity index (χ0n) is 17.8. The first-order chi connectivity index (χ1) is 15.4. The molecule has 164 valence electrons. The molecule has 0 fully saturated rings. The smallest absolute Gasteiger partial charge is 0.265 e. The number of nitrogens with zero attached hydrogens (tertiary/aromatic N) is 2. The molecule has 8 heteroatoms.